The number of thioether (sulfide) groups is 1. The number of carbonyl (C=O) groups is 2. The maximum absolute atomic E-state index is 13.5. The highest BCUT2D eigenvalue weighted by Gasteiger charge is 2.54. The molecule has 37 heavy (non-hydrogen) atoms. The third kappa shape index (κ3) is 4.93. The van der Waals surface area contributed by atoms with Gasteiger partial charge in [0, 0.05) is 24.2 Å². The molecule has 7 nitrogen and oxygen atoms in total. The Morgan fingerprint density at radius 1 is 1.08 bits per heavy atom. The van der Waals surface area contributed by atoms with Crippen LogP contribution in [0.4, 0.5) is 5.69 Å². The van der Waals surface area contributed by atoms with Crippen LogP contribution in [0, 0.1) is 23.2 Å². The van der Waals surface area contributed by atoms with Crippen LogP contribution in [0.2, 0.25) is 0 Å². The molecule has 0 saturated heterocycles. The van der Waals surface area contributed by atoms with Crippen LogP contribution in [0.3, 0.4) is 0 Å². The maximum atomic E-state index is 13.5. The number of para-hydroxylation sites is 1. The molecule has 1 aromatic heterocycles. The average molecular weight is 522 g/mol. The summed E-state index contributed by atoms with van der Waals surface area (Å²) in [5.74, 6) is 3.71. The minimum atomic E-state index is -0.155. The van der Waals surface area contributed by atoms with Gasteiger partial charge >= 0.3 is 0 Å². The number of unbranched alkanes of at least 4 members (excludes halogenated alkanes) is 1. The van der Waals surface area contributed by atoms with E-state index in [0.717, 1.165) is 92.5 Å². The van der Waals surface area contributed by atoms with Gasteiger partial charge in [0.2, 0.25) is 11.8 Å². The lowest BCUT2D eigenvalue weighted by Crippen LogP contribution is -2.53. The Morgan fingerprint density at radius 3 is 2.54 bits per heavy atom. The number of hydrogen-bond donors (Lipinski definition) is 1. The number of fused-ring (bicyclic) bond motifs is 1. The van der Waals surface area contributed by atoms with E-state index in [1.54, 1.807) is 0 Å². The summed E-state index contributed by atoms with van der Waals surface area (Å²) in [4.78, 5) is 28.6. The van der Waals surface area contributed by atoms with Gasteiger partial charge in [-0.3, -0.25) is 9.59 Å². The van der Waals surface area contributed by atoms with Crippen molar-refractivity contribution in [3.05, 3.63) is 35.7 Å². The fraction of sp³-hybridized carbons (Fsp3) is 0.655. The van der Waals surface area contributed by atoms with Gasteiger partial charge in [-0.25, -0.2) is 0 Å². The molecular formula is C29H39N5O2S. The van der Waals surface area contributed by atoms with Crippen molar-refractivity contribution >= 4 is 29.3 Å². The number of amides is 2. The summed E-state index contributed by atoms with van der Waals surface area (Å²) in [7, 11) is 0. The Kier molecular flexibility index (Phi) is 7.03. The number of carbonyl (C=O) groups excluding carboxylic acids is 2. The number of aryl methyl sites for hydroxylation is 1. The first-order chi connectivity index (χ1) is 18.0. The van der Waals surface area contributed by atoms with Gasteiger partial charge in [0.1, 0.15) is 0 Å². The highest BCUT2D eigenvalue weighted by atomic mass is 32.2. The molecular weight excluding hydrogens is 482 g/mol. The smallest absolute Gasteiger partial charge is 0.237 e. The Balaban J connectivity index is 1.11. The number of rotatable bonds is 9. The number of hydrogen-bond acceptors (Lipinski definition) is 5. The van der Waals surface area contributed by atoms with E-state index in [0.29, 0.717) is 12.3 Å². The zero-order valence-corrected chi connectivity index (χ0v) is 22.8. The molecule has 4 aliphatic carbocycles. The van der Waals surface area contributed by atoms with Crippen molar-refractivity contribution in [1.29, 1.82) is 0 Å². The Morgan fingerprint density at radius 2 is 1.81 bits per heavy atom. The van der Waals surface area contributed by atoms with Crippen molar-refractivity contribution in [3.8, 4) is 0 Å². The maximum Gasteiger partial charge on any atom is 0.237 e. The number of nitrogens with zero attached hydrogens (tertiary/aromatic N) is 4. The first kappa shape index (κ1) is 25.0. The van der Waals surface area contributed by atoms with E-state index in [4.69, 9.17) is 0 Å². The summed E-state index contributed by atoms with van der Waals surface area (Å²) in [6.45, 7) is 4.14. The lowest BCUT2D eigenvalue weighted by atomic mass is 9.49. The fourth-order valence-corrected chi connectivity index (χ4v) is 8.69. The summed E-state index contributed by atoms with van der Waals surface area (Å²) in [5, 5.41) is 13.0. The second-order valence-electron chi connectivity index (χ2n) is 11.9. The van der Waals surface area contributed by atoms with Gasteiger partial charge in [-0.05, 0) is 87.2 Å². The van der Waals surface area contributed by atoms with Crippen LogP contribution in [0.5, 0.6) is 0 Å². The molecule has 2 aromatic rings. The van der Waals surface area contributed by atoms with Crippen LogP contribution in [-0.2, 0) is 29.1 Å². The molecule has 0 atom stereocenters. The molecule has 8 heteroatoms. The topological polar surface area (TPSA) is 80.1 Å². The van der Waals surface area contributed by atoms with Crippen LogP contribution in [0.15, 0.2) is 29.4 Å². The number of benzene rings is 1. The first-order valence-corrected chi connectivity index (χ1v) is 15.2. The number of aromatic nitrogens is 3. The average Bonchev–Trinajstić information content (AvgIpc) is 3.29. The van der Waals surface area contributed by atoms with Gasteiger partial charge in [-0.15, -0.1) is 10.2 Å². The molecule has 2 heterocycles. The molecule has 2 amide bonds. The summed E-state index contributed by atoms with van der Waals surface area (Å²) >= 11 is 1.46. The summed E-state index contributed by atoms with van der Waals surface area (Å²) in [6.07, 6.45) is 11.3. The molecule has 4 fully saturated rings. The molecule has 0 spiro atoms. The molecule has 5 aliphatic rings. The van der Waals surface area contributed by atoms with Crippen molar-refractivity contribution < 1.29 is 9.59 Å². The van der Waals surface area contributed by atoms with Gasteiger partial charge in [0.05, 0.1) is 12.3 Å². The van der Waals surface area contributed by atoms with E-state index in [1.807, 2.05) is 23.1 Å². The Hall–Kier alpha value is -2.35. The van der Waals surface area contributed by atoms with Crippen molar-refractivity contribution in [1.82, 2.24) is 20.1 Å². The van der Waals surface area contributed by atoms with Crippen molar-refractivity contribution in [2.24, 2.45) is 23.2 Å². The van der Waals surface area contributed by atoms with Crippen molar-refractivity contribution in [2.75, 3.05) is 17.2 Å². The predicted molar refractivity (Wildman–Crippen MR) is 145 cm³/mol. The minimum Gasteiger partial charge on any atom is -0.348 e. The van der Waals surface area contributed by atoms with Crippen molar-refractivity contribution in [2.45, 2.75) is 89.4 Å². The molecule has 198 valence electrons. The molecule has 0 radical (unpaired) electrons. The third-order valence-corrected chi connectivity index (χ3v) is 10.1. The monoisotopic (exact) mass is 521 g/mol. The van der Waals surface area contributed by atoms with Crippen molar-refractivity contribution in [3.63, 3.8) is 0 Å². The normalized spacial score (nSPS) is 27.8. The van der Waals surface area contributed by atoms with Crippen LogP contribution in [0.25, 0.3) is 0 Å². The lowest BCUT2D eigenvalue weighted by Gasteiger charge is -2.55. The molecule has 1 aliphatic heterocycles. The van der Waals surface area contributed by atoms with Gasteiger partial charge in [0.15, 0.2) is 11.0 Å². The molecule has 4 bridgehead atoms. The van der Waals surface area contributed by atoms with E-state index < -0.39 is 0 Å². The van der Waals surface area contributed by atoms with E-state index in [1.165, 1.54) is 36.6 Å². The Bertz CT molecular complexity index is 1130. The van der Waals surface area contributed by atoms with E-state index in [-0.39, 0.29) is 17.2 Å². The van der Waals surface area contributed by atoms with Gasteiger partial charge in [-0.2, -0.15) is 0 Å². The number of anilines is 1. The third-order valence-electron chi connectivity index (χ3n) is 9.19. The van der Waals surface area contributed by atoms with Crippen LogP contribution >= 0.6 is 11.8 Å². The summed E-state index contributed by atoms with van der Waals surface area (Å²) < 4.78 is 2.12. The lowest BCUT2D eigenvalue weighted by molar-refractivity contribution is -0.146. The molecule has 1 N–H and O–H groups in total. The highest BCUT2D eigenvalue weighted by Crippen LogP contribution is 2.60. The highest BCUT2D eigenvalue weighted by molar-refractivity contribution is 7.99. The molecule has 7 rings (SSSR count). The standard InChI is InChI=1S/C29H39N5O2S/c1-2-3-10-34-25(18-30-27(36)29-15-20-12-21(16-29)14-22(13-20)17-29)31-32-28(34)37-19-26(35)33-11-6-8-23-7-4-5-9-24(23)33/h4-5,7,9,20-22H,2-3,6,8,10-19H2,1H3,(H,30,36). The summed E-state index contributed by atoms with van der Waals surface area (Å²) in [5.41, 5.74) is 2.13. The molecule has 4 saturated carbocycles. The zero-order valence-electron chi connectivity index (χ0n) is 22.0. The van der Waals surface area contributed by atoms with Gasteiger partial charge < -0.3 is 14.8 Å². The zero-order chi connectivity index (χ0) is 25.4. The van der Waals surface area contributed by atoms with E-state index >= 15 is 0 Å². The SMILES string of the molecule is CCCCn1c(CNC(=O)C23CC4CC(CC(C4)C2)C3)nnc1SCC(=O)N1CCCc2ccccc21. The van der Waals surface area contributed by atoms with Crippen LogP contribution in [-0.4, -0.2) is 38.9 Å². The summed E-state index contributed by atoms with van der Waals surface area (Å²) in [6, 6.07) is 8.21. The van der Waals surface area contributed by atoms with E-state index in [2.05, 4.69) is 33.1 Å². The second-order valence-corrected chi connectivity index (χ2v) is 12.8. The first-order valence-electron chi connectivity index (χ1n) is 14.3. The quantitative estimate of drug-likeness (QED) is 0.471. The fourth-order valence-electron chi connectivity index (χ4n) is 7.83. The number of nitrogens with one attached hydrogen (secondary N) is 1. The van der Waals surface area contributed by atoms with E-state index in [9.17, 15) is 9.59 Å². The minimum absolute atomic E-state index is 0.110. The molecule has 1 aromatic carbocycles. The largest absolute Gasteiger partial charge is 0.348 e. The van der Waals surface area contributed by atoms with Crippen LogP contribution in [0.1, 0.15) is 76.1 Å². The van der Waals surface area contributed by atoms with Gasteiger partial charge in [-0.1, -0.05) is 43.3 Å². The van der Waals surface area contributed by atoms with Gasteiger partial charge in [0.25, 0.3) is 0 Å². The van der Waals surface area contributed by atoms with Crippen LogP contribution < -0.4 is 10.2 Å². The predicted octanol–water partition coefficient (Wildman–Crippen LogP) is 4.98. The molecule has 0 unspecified atom stereocenters. The Labute approximate surface area is 224 Å². The second kappa shape index (κ2) is 10.4.